The van der Waals surface area contributed by atoms with E-state index in [0.29, 0.717) is 26.3 Å². The Kier molecular flexibility index (Phi) is 7.08. The Bertz CT molecular complexity index is 94.4. The number of ether oxygens (including phenoxy) is 3. The summed E-state index contributed by atoms with van der Waals surface area (Å²) in [7, 11) is 1.61. The van der Waals surface area contributed by atoms with Crippen molar-refractivity contribution in [1.29, 1.82) is 0 Å². The summed E-state index contributed by atoms with van der Waals surface area (Å²) in [6, 6.07) is 0. The molecular formula is C7H14O4. The molecule has 0 aliphatic carbocycles. The molecule has 0 N–H and O–H groups in total. The van der Waals surface area contributed by atoms with Crippen molar-refractivity contribution < 1.29 is 19.0 Å². The zero-order chi connectivity index (χ0) is 8.53. The van der Waals surface area contributed by atoms with Gasteiger partial charge in [-0.15, -0.1) is 0 Å². The molecule has 0 radical (unpaired) electrons. The highest BCUT2D eigenvalue weighted by Crippen LogP contribution is 1.90. The second-order valence-corrected chi connectivity index (χ2v) is 2.10. The van der Waals surface area contributed by atoms with Gasteiger partial charge in [0.1, 0.15) is 6.61 Å². The number of carbonyl (C=O) groups excluding carboxylic acids is 1. The van der Waals surface area contributed by atoms with Gasteiger partial charge in [0, 0.05) is 7.11 Å². The molecule has 0 amide bonds. The average Bonchev–Trinajstić information content (AvgIpc) is 2.01. The number of carbonyl (C=O) groups is 1. The van der Waals surface area contributed by atoms with Crippen LogP contribution in [-0.4, -0.2) is 39.5 Å². The van der Waals surface area contributed by atoms with E-state index in [1.807, 2.05) is 6.92 Å². The van der Waals surface area contributed by atoms with Crippen molar-refractivity contribution in [2.45, 2.75) is 13.0 Å². The monoisotopic (exact) mass is 162 g/mol. The molecule has 0 aliphatic heterocycles. The molecule has 0 saturated carbocycles. The fourth-order valence-electron chi connectivity index (χ4n) is 0.556. The van der Waals surface area contributed by atoms with Gasteiger partial charge in [0.15, 0.2) is 0 Å². The van der Waals surface area contributed by atoms with Crippen LogP contribution in [0.25, 0.3) is 0 Å². The third kappa shape index (κ3) is 7.29. The van der Waals surface area contributed by atoms with Gasteiger partial charge in [-0.1, -0.05) is 0 Å². The molecule has 0 fully saturated rings. The van der Waals surface area contributed by atoms with E-state index in [4.69, 9.17) is 9.47 Å². The molecule has 4 nitrogen and oxygen atoms in total. The van der Waals surface area contributed by atoms with E-state index in [-0.39, 0.29) is 6.10 Å². The third-order valence-electron chi connectivity index (χ3n) is 1.09. The van der Waals surface area contributed by atoms with Crippen LogP contribution in [0.4, 0.5) is 0 Å². The molecule has 0 aromatic rings. The Morgan fingerprint density at radius 1 is 1.45 bits per heavy atom. The third-order valence-corrected chi connectivity index (χ3v) is 1.09. The van der Waals surface area contributed by atoms with Gasteiger partial charge in [-0.05, 0) is 6.92 Å². The molecule has 0 aromatic carbocycles. The molecule has 0 bridgehead atoms. The smallest absolute Gasteiger partial charge is 0.293 e. The van der Waals surface area contributed by atoms with Gasteiger partial charge in [0.05, 0.1) is 19.3 Å². The summed E-state index contributed by atoms with van der Waals surface area (Å²) in [5, 5.41) is 0. The van der Waals surface area contributed by atoms with E-state index in [1.165, 1.54) is 0 Å². The first-order valence-electron chi connectivity index (χ1n) is 3.47. The number of rotatable bonds is 7. The summed E-state index contributed by atoms with van der Waals surface area (Å²) < 4.78 is 14.4. The summed E-state index contributed by atoms with van der Waals surface area (Å²) in [4.78, 5) is 9.74. The Hall–Kier alpha value is -0.610. The largest absolute Gasteiger partial charge is 0.465 e. The van der Waals surface area contributed by atoms with Crippen LogP contribution in [0.15, 0.2) is 0 Å². The van der Waals surface area contributed by atoms with Crippen LogP contribution in [0, 0.1) is 0 Å². The van der Waals surface area contributed by atoms with E-state index in [0.717, 1.165) is 0 Å². The fourth-order valence-corrected chi connectivity index (χ4v) is 0.556. The van der Waals surface area contributed by atoms with Crippen molar-refractivity contribution in [3.8, 4) is 0 Å². The van der Waals surface area contributed by atoms with Crippen LogP contribution in [0.5, 0.6) is 0 Å². The van der Waals surface area contributed by atoms with Crippen molar-refractivity contribution in [3.05, 3.63) is 0 Å². The van der Waals surface area contributed by atoms with Gasteiger partial charge in [-0.3, -0.25) is 4.79 Å². The standard InChI is InChI=1S/C7H14O4/c1-7(5-10-6-8)11-4-3-9-2/h6-7H,3-5H2,1-2H3. The Labute approximate surface area is 66.4 Å². The lowest BCUT2D eigenvalue weighted by Gasteiger charge is -2.10. The quantitative estimate of drug-likeness (QED) is 0.396. The summed E-state index contributed by atoms with van der Waals surface area (Å²) >= 11 is 0. The lowest BCUT2D eigenvalue weighted by Crippen LogP contribution is -2.17. The van der Waals surface area contributed by atoms with E-state index in [9.17, 15) is 4.79 Å². The molecule has 0 saturated heterocycles. The average molecular weight is 162 g/mol. The predicted molar refractivity (Wildman–Crippen MR) is 39.3 cm³/mol. The molecule has 0 rings (SSSR count). The van der Waals surface area contributed by atoms with Crippen molar-refractivity contribution >= 4 is 6.47 Å². The maximum absolute atomic E-state index is 9.74. The van der Waals surface area contributed by atoms with Crippen LogP contribution >= 0.6 is 0 Å². The molecule has 0 aliphatic rings. The molecule has 4 heteroatoms. The summed E-state index contributed by atoms with van der Waals surface area (Å²) in [5.41, 5.74) is 0. The van der Waals surface area contributed by atoms with E-state index in [2.05, 4.69) is 4.74 Å². The molecular weight excluding hydrogens is 148 g/mol. The normalized spacial score (nSPS) is 12.5. The Morgan fingerprint density at radius 2 is 2.18 bits per heavy atom. The predicted octanol–water partition coefficient (Wildman–Crippen LogP) is 0.211. The van der Waals surface area contributed by atoms with E-state index < -0.39 is 0 Å². The van der Waals surface area contributed by atoms with Gasteiger partial charge in [0.2, 0.25) is 0 Å². The molecule has 1 atom stereocenters. The molecule has 0 heterocycles. The van der Waals surface area contributed by atoms with Crippen molar-refractivity contribution in [2.75, 3.05) is 26.9 Å². The zero-order valence-electron chi connectivity index (χ0n) is 6.91. The van der Waals surface area contributed by atoms with Crippen LogP contribution in [0.2, 0.25) is 0 Å². The maximum atomic E-state index is 9.74. The zero-order valence-corrected chi connectivity index (χ0v) is 6.91. The number of methoxy groups -OCH3 is 1. The van der Waals surface area contributed by atoms with Gasteiger partial charge in [-0.25, -0.2) is 0 Å². The van der Waals surface area contributed by atoms with Crippen molar-refractivity contribution in [2.24, 2.45) is 0 Å². The van der Waals surface area contributed by atoms with Crippen LogP contribution < -0.4 is 0 Å². The van der Waals surface area contributed by atoms with Gasteiger partial charge >= 0.3 is 0 Å². The molecule has 0 aromatic heterocycles. The van der Waals surface area contributed by atoms with E-state index >= 15 is 0 Å². The first-order valence-corrected chi connectivity index (χ1v) is 3.47. The Balaban J connectivity index is 3.08. The van der Waals surface area contributed by atoms with E-state index in [1.54, 1.807) is 7.11 Å². The summed E-state index contributed by atoms with van der Waals surface area (Å²) in [5.74, 6) is 0. The summed E-state index contributed by atoms with van der Waals surface area (Å²) in [6.07, 6.45) is -0.0599. The minimum Gasteiger partial charge on any atom is -0.465 e. The lowest BCUT2D eigenvalue weighted by atomic mass is 10.4. The Morgan fingerprint density at radius 3 is 2.73 bits per heavy atom. The number of hydrogen-bond acceptors (Lipinski definition) is 4. The first-order chi connectivity index (χ1) is 5.31. The number of hydrogen-bond donors (Lipinski definition) is 0. The van der Waals surface area contributed by atoms with Crippen LogP contribution in [0.3, 0.4) is 0 Å². The highest BCUT2D eigenvalue weighted by atomic mass is 16.6. The fraction of sp³-hybridized carbons (Fsp3) is 0.857. The van der Waals surface area contributed by atoms with Gasteiger partial charge in [0.25, 0.3) is 6.47 Å². The van der Waals surface area contributed by atoms with Crippen molar-refractivity contribution in [1.82, 2.24) is 0 Å². The minimum absolute atomic E-state index is 0.0599. The molecule has 66 valence electrons. The molecule has 1 unspecified atom stereocenters. The highest BCUT2D eigenvalue weighted by Gasteiger charge is 2.00. The topological polar surface area (TPSA) is 44.8 Å². The highest BCUT2D eigenvalue weighted by molar-refractivity contribution is 5.36. The summed E-state index contributed by atoms with van der Waals surface area (Å²) in [6.45, 7) is 3.63. The van der Waals surface area contributed by atoms with Gasteiger partial charge in [-0.2, -0.15) is 0 Å². The maximum Gasteiger partial charge on any atom is 0.293 e. The molecule has 11 heavy (non-hydrogen) atoms. The first kappa shape index (κ1) is 10.4. The molecule has 0 spiro atoms. The minimum atomic E-state index is -0.0599. The SMILES string of the molecule is COCCOC(C)COC=O. The van der Waals surface area contributed by atoms with Gasteiger partial charge < -0.3 is 14.2 Å². The van der Waals surface area contributed by atoms with Crippen LogP contribution in [0.1, 0.15) is 6.92 Å². The van der Waals surface area contributed by atoms with Crippen molar-refractivity contribution in [3.63, 3.8) is 0 Å². The lowest BCUT2D eigenvalue weighted by molar-refractivity contribution is -0.132. The second kappa shape index (κ2) is 7.50. The second-order valence-electron chi connectivity index (χ2n) is 2.10. The van der Waals surface area contributed by atoms with Crippen LogP contribution in [-0.2, 0) is 19.0 Å².